The first-order valence-corrected chi connectivity index (χ1v) is 7.33. The first kappa shape index (κ1) is 12.8. The number of halogens is 1. The Bertz CT molecular complexity index is 546. The number of rotatable bonds is 3. The maximum Gasteiger partial charge on any atom is 0.0656 e. The van der Waals surface area contributed by atoms with Crippen LogP contribution in [-0.4, -0.2) is 40.9 Å². The Labute approximate surface area is 121 Å². The van der Waals surface area contributed by atoms with Crippen LogP contribution in [0.2, 0.25) is 0 Å². The van der Waals surface area contributed by atoms with Gasteiger partial charge in [0.15, 0.2) is 0 Å². The lowest BCUT2D eigenvalue weighted by Crippen LogP contribution is -2.42. The van der Waals surface area contributed by atoms with Crippen LogP contribution in [0.25, 0.3) is 5.69 Å². The minimum absolute atomic E-state index is 0.982. The molecule has 1 N–H and O–H groups in total. The molecule has 1 aromatic heterocycles. The molecule has 1 saturated heterocycles. The van der Waals surface area contributed by atoms with Crippen molar-refractivity contribution in [2.45, 2.75) is 6.54 Å². The lowest BCUT2D eigenvalue weighted by Gasteiger charge is -2.26. The predicted molar refractivity (Wildman–Crippen MR) is 79.4 cm³/mol. The molecule has 4 nitrogen and oxygen atoms in total. The van der Waals surface area contributed by atoms with Gasteiger partial charge in [-0.3, -0.25) is 4.90 Å². The molecular formula is C14H17BrN4. The normalized spacial score (nSPS) is 16.7. The van der Waals surface area contributed by atoms with Gasteiger partial charge in [-0.15, -0.1) is 0 Å². The van der Waals surface area contributed by atoms with Gasteiger partial charge < -0.3 is 5.32 Å². The Morgan fingerprint density at radius 1 is 1.26 bits per heavy atom. The van der Waals surface area contributed by atoms with Crippen LogP contribution < -0.4 is 5.32 Å². The second-order valence-electron chi connectivity index (χ2n) is 4.80. The van der Waals surface area contributed by atoms with Crippen molar-refractivity contribution >= 4 is 15.9 Å². The summed E-state index contributed by atoms with van der Waals surface area (Å²) < 4.78 is 3.01. The van der Waals surface area contributed by atoms with Crippen molar-refractivity contribution in [3.63, 3.8) is 0 Å². The molecule has 5 heteroatoms. The molecule has 0 spiro atoms. The molecule has 0 amide bonds. The molecule has 0 radical (unpaired) electrons. The highest BCUT2D eigenvalue weighted by Crippen LogP contribution is 2.15. The largest absolute Gasteiger partial charge is 0.314 e. The van der Waals surface area contributed by atoms with E-state index in [4.69, 9.17) is 0 Å². The summed E-state index contributed by atoms with van der Waals surface area (Å²) in [6, 6.07) is 8.18. The van der Waals surface area contributed by atoms with Crippen LogP contribution in [0.4, 0.5) is 0 Å². The van der Waals surface area contributed by atoms with Gasteiger partial charge in [0.05, 0.1) is 11.9 Å². The quantitative estimate of drug-likeness (QED) is 0.939. The summed E-state index contributed by atoms with van der Waals surface area (Å²) in [6.45, 7) is 5.37. The van der Waals surface area contributed by atoms with Crippen molar-refractivity contribution in [3.05, 3.63) is 46.7 Å². The van der Waals surface area contributed by atoms with Crippen molar-refractivity contribution in [1.29, 1.82) is 0 Å². The lowest BCUT2D eigenvalue weighted by atomic mass is 10.3. The fourth-order valence-electron chi connectivity index (χ4n) is 2.33. The Morgan fingerprint density at radius 3 is 2.89 bits per heavy atom. The summed E-state index contributed by atoms with van der Waals surface area (Å²) in [6.07, 6.45) is 4.08. The second-order valence-corrected chi connectivity index (χ2v) is 5.71. The summed E-state index contributed by atoms with van der Waals surface area (Å²) in [5, 5.41) is 7.82. The van der Waals surface area contributed by atoms with Gasteiger partial charge in [0.2, 0.25) is 0 Å². The van der Waals surface area contributed by atoms with Crippen molar-refractivity contribution in [2.24, 2.45) is 0 Å². The van der Waals surface area contributed by atoms with Crippen LogP contribution >= 0.6 is 15.9 Å². The molecule has 19 heavy (non-hydrogen) atoms. The first-order chi connectivity index (χ1) is 9.31. The third-order valence-electron chi connectivity index (χ3n) is 3.32. The van der Waals surface area contributed by atoms with Gasteiger partial charge in [-0.1, -0.05) is 22.0 Å². The molecule has 1 aliphatic heterocycles. The van der Waals surface area contributed by atoms with E-state index in [9.17, 15) is 0 Å². The molecule has 0 atom stereocenters. The van der Waals surface area contributed by atoms with Crippen molar-refractivity contribution in [2.75, 3.05) is 26.2 Å². The average Bonchev–Trinajstić information content (AvgIpc) is 2.88. The number of hydrogen-bond acceptors (Lipinski definition) is 3. The highest BCUT2D eigenvalue weighted by atomic mass is 79.9. The van der Waals surface area contributed by atoms with Crippen LogP contribution in [0.5, 0.6) is 0 Å². The number of benzene rings is 1. The fourth-order valence-corrected chi connectivity index (χ4v) is 2.72. The van der Waals surface area contributed by atoms with E-state index < -0.39 is 0 Å². The van der Waals surface area contributed by atoms with E-state index in [1.165, 1.54) is 5.56 Å². The number of nitrogens with zero attached hydrogens (tertiary/aromatic N) is 3. The van der Waals surface area contributed by atoms with Gasteiger partial charge in [0.1, 0.15) is 0 Å². The van der Waals surface area contributed by atoms with Crippen molar-refractivity contribution < 1.29 is 0 Å². The van der Waals surface area contributed by atoms with Gasteiger partial charge in [0.25, 0.3) is 0 Å². The van der Waals surface area contributed by atoms with Crippen LogP contribution in [0, 0.1) is 0 Å². The van der Waals surface area contributed by atoms with E-state index in [0.29, 0.717) is 0 Å². The standard InChI is InChI=1S/C14H17BrN4/c15-13-2-1-3-14(8-13)19-11-12(9-17-19)10-18-6-4-16-5-7-18/h1-3,8-9,11,16H,4-7,10H2. The molecule has 0 unspecified atom stereocenters. The van der Waals surface area contributed by atoms with Crippen LogP contribution in [0.3, 0.4) is 0 Å². The fraction of sp³-hybridized carbons (Fsp3) is 0.357. The van der Waals surface area contributed by atoms with Gasteiger partial charge in [-0.25, -0.2) is 4.68 Å². The minimum atomic E-state index is 0.982. The van der Waals surface area contributed by atoms with Crippen LogP contribution in [0.1, 0.15) is 5.56 Å². The molecule has 100 valence electrons. The summed E-state index contributed by atoms with van der Waals surface area (Å²) in [4.78, 5) is 2.46. The molecule has 1 fully saturated rings. The zero-order valence-corrected chi connectivity index (χ0v) is 12.3. The number of hydrogen-bond donors (Lipinski definition) is 1. The minimum Gasteiger partial charge on any atom is -0.314 e. The monoisotopic (exact) mass is 320 g/mol. The molecule has 3 rings (SSSR count). The van der Waals surface area contributed by atoms with E-state index in [2.05, 4.69) is 49.6 Å². The number of nitrogens with one attached hydrogen (secondary N) is 1. The Hall–Kier alpha value is -1.17. The Balaban J connectivity index is 1.72. The third kappa shape index (κ3) is 3.23. The van der Waals surface area contributed by atoms with Gasteiger partial charge in [-0.05, 0) is 18.2 Å². The third-order valence-corrected chi connectivity index (χ3v) is 3.82. The average molecular weight is 321 g/mol. The van der Waals surface area contributed by atoms with E-state index >= 15 is 0 Å². The SMILES string of the molecule is Brc1cccc(-n2cc(CN3CCNCC3)cn2)c1. The van der Waals surface area contributed by atoms with E-state index in [1.807, 2.05) is 23.0 Å². The summed E-state index contributed by atoms with van der Waals surface area (Å²) >= 11 is 3.49. The number of aromatic nitrogens is 2. The first-order valence-electron chi connectivity index (χ1n) is 6.54. The predicted octanol–water partition coefficient (Wildman–Crippen LogP) is 2.04. The molecule has 0 aliphatic carbocycles. The van der Waals surface area contributed by atoms with E-state index in [1.54, 1.807) is 0 Å². The maximum absolute atomic E-state index is 4.45. The van der Waals surface area contributed by atoms with Gasteiger partial charge >= 0.3 is 0 Å². The molecule has 1 aliphatic rings. The Kier molecular flexibility index (Phi) is 3.96. The summed E-state index contributed by atoms with van der Waals surface area (Å²) in [5.41, 5.74) is 2.35. The van der Waals surface area contributed by atoms with E-state index in [0.717, 1.165) is 42.9 Å². The van der Waals surface area contributed by atoms with Crippen molar-refractivity contribution in [3.8, 4) is 5.69 Å². The highest BCUT2D eigenvalue weighted by molar-refractivity contribution is 9.10. The van der Waals surface area contributed by atoms with Gasteiger partial charge in [-0.2, -0.15) is 5.10 Å². The topological polar surface area (TPSA) is 33.1 Å². The Morgan fingerprint density at radius 2 is 2.11 bits per heavy atom. The summed E-state index contributed by atoms with van der Waals surface area (Å²) in [5.74, 6) is 0. The second kappa shape index (κ2) is 5.86. The molecule has 1 aromatic carbocycles. The van der Waals surface area contributed by atoms with E-state index in [-0.39, 0.29) is 0 Å². The zero-order valence-electron chi connectivity index (χ0n) is 10.7. The van der Waals surface area contributed by atoms with Crippen LogP contribution in [-0.2, 0) is 6.54 Å². The molecule has 0 saturated carbocycles. The summed E-state index contributed by atoms with van der Waals surface area (Å²) in [7, 11) is 0. The highest BCUT2D eigenvalue weighted by Gasteiger charge is 2.11. The van der Waals surface area contributed by atoms with Crippen molar-refractivity contribution in [1.82, 2.24) is 20.0 Å². The lowest BCUT2D eigenvalue weighted by molar-refractivity contribution is 0.233. The van der Waals surface area contributed by atoms with Crippen LogP contribution in [0.15, 0.2) is 41.1 Å². The zero-order chi connectivity index (χ0) is 13.1. The molecule has 0 bridgehead atoms. The maximum atomic E-state index is 4.45. The number of piperazine rings is 1. The van der Waals surface area contributed by atoms with Gasteiger partial charge in [0, 0.05) is 49.0 Å². The molecular weight excluding hydrogens is 304 g/mol. The molecule has 2 aromatic rings. The smallest absolute Gasteiger partial charge is 0.0656 e. The molecule has 2 heterocycles.